The maximum atomic E-state index is 12.6. The van der Waals surface area contributed by atoms with Crippen LogP contribution < -0.4 is 11.1 Å². The van der Waals surface area contributed by atoms with Gasteiger partial charge in [0.15, 0.2) is 0 Å². The third kappa shape index (κ3) is 2.96. The van der Waals surface area contributed by atoms with Crippen LogP contribution in [-0.2, 0) is 12.8 Å². The predicted octanol–water partition coefficient (Wildman–Crippen LogP) is 5.01. The van der Waals surface area contributed by atoms with Gasteiger partial charge in [0.25, 0.3) is 5.91 Å². The smallest absolute Gasteiger partial charge is 0.258 e. The van der Waals surface area contributed by atoms with Crippen molar-refractivity contribution in [2.45, 2.75) is 26.2 Å². The topological polar surface area (TPSA) is 55.1 Å². The third-order valence-corrected chi connectivity index (χ3v) is 5.59. The number of amides is 1. The summed E-state index contributed by atoms with van der Waals surface area (Å²) in [5.74, 6) is 0.428. The van der Waals surface area contributed by atoms with Crippen molar-refractivity contribution in [2.24, 2.45) is 5.92 Å². The molecule has 3 nitrogen and oxygen atoms in total. The highest BCUT2D eigenvalue weighted by Gasteiger charge is 2.26. The van der Waals surface area contributed by atoms with Gasteiger partial charge in [0.05, 0.1) is 21.3 Å². The highest BCUT2D eigenvalue weighted by molar-refractivity contribution is 7.16. The molecule has 1 aromatic heterocycles. The van der Waals surface area contributed by atoms with Crippen molar-refractivity contribution >= 4 is 51.1 Å². The zero-order valence-corrected chi connectivity index (χ0v) is 14.4. The maximum absolute atomic E-state index is 12.6. The highest BCUT2D eigenvalue weighted by Crippen LogP contribution is 2.38. The number of rotatable bonds is 2. The fourth-order valence-corrected chi connectivity index (χ4v) is 4.41. The minimum Gasteiger partial charge on any atom is -0.390 e. The lowest BCUT2D eigenvalue weighted by Crippen LogP contribution is -2.17. The molecule has 0 fully saturated rings. The minimum absolute atomic E-state index is 0.214. The second kappa shape index (κ2) is 6.11. The van der Waals surface area contributed by atoms with Crippen LogP contribution in [0.1, 0.15) is 34.1 Å². The summed E-state index contributed by atoms with van der Waals surface area (Å²) in [6.45, 7) is 2.23. The van der Waals surface area contributed by atoms with Crippen molar-refractivity contribution in [3.63, 3.8) is 0 Å². The van der Waals surface area contributed by atoms with Gasteiger partial charge in [0, 0.05) is 9.90 Å². The molecule has 1 atom stereocenters. The molecule has 0 spiro atoms. The van der Waals surface area contributed by atoms with Crippen LogP contribution in [0.4, 0.5) is 10.7 Å². The number of nitrogen functional groups attached to an aromatic ring is 1. The van der Waals surface area contributed by atoms with E-state index in [4.69, 9.17) is 28.9 Å². The van der Waals surface area contributed by atoms with Gasteiger partial charge in [-0.15, -0.1) is 11.3 Å². The number of anilines is 2. The zero-order chi connectivity index (χ0) is 15.9. The van der Waals surface area contributed by atoms with E-state index in [-0.39, 0.29) is 5.91 Å². The monoisotopic (exact) mass is 354 g/mol. The Balaban J connectivity index is 1.91. The lowest BCUT2D eigenvalue weighted by molar-refractivity contribution is 0.102. The first-order valence-electron chi connectivity index (χ1n) is 7.12. The van der Waals surface area contributed by atoms with Crippen molar-refractivity contribution in [2.75, 3.05) is 11.1 Å². The van der Waals surface area contributed by atoms with Crippen molar-refractivity contribution in [3.05, 3.63) is 44.2 Å². The fourth-order valence-electron chi connectivity index (χ4n) is 2.80. The van der Waals surface area contributed by atoms with E-state index in [1.165, 1.54) is 16.2 Å². The number of nitrogens with two attached hydrogens (primary N) is 1. The molecule has 0 saturated carbocycles. The van der Waals surface area contributed by atoms with Crippen molar-refractivity contribution < 1.29 is 4.79 Å². The number of hydrogen-bond donors (Lipinski definition) is 2. The van der Waals surface area contributed by atoms with Crippen LogP contribution in [0.25, 0.3) is 0 Å². The summed E-state index contributed by atoms with van der Waals surface area (Å²) in [7, 11) is 0. The van der Waals surface area contributed by atoms with Crippen LogP contribution in [0.3, 0.4) is 0 Å². The molecule has 1 aliphatic carbocycles. The van der Waals surface area contributed by atoms with Gasteiger partial charge in [-0.1, -0.05) is 30.1 Å². The SMILES string of the molecule is C[C@H]1CCc2c(sc(N)c2C(=O)Nc2cc(Cl)ccc2Cl)C1. The Morgan fingerprint density at radius 3 is 2.95 bits per heavy atom. The summed E-state index contributed by atoms with van der Waals surface area (Å²) in [6, 6.07) is 4.98. The summed E-state index contributed by atoms with van der Waals surface area (Å²) in [4.78, 5) is 13.9. The van der Waals surface area contributed by atoms with Crippen molar-refractivity contribution in [1.82, 2.24) is 0 Å². The molecule has 1 aliphatic rings. The quantitative estimate of drug-likeness (QED) is 0.795. The molecular formula is C16H16Cl2N2OS. The second-order valence-electron chi connectivity index (χ2n) is 5.67. The number of carbonyl (C=O) groups excluding carboxylic acids is 1. The number of benzene rings is 1. The summed E-state index contributed by atoms with van der Waals surface area (Å²) < 4.78 is 0. The first-order chi connectivity index (χ1) is 10.5. The second-order valence-corrected chi connectivity index (χ2v) is 7.65. The lowest BCUT2D eigenvalue weighted by Gasteiger charge is -2.18. The molecule has 22 heavy (non-hydrogen) atoms. The molecule has 1 heterocycles. The average Bonchev–Trinajstić information content (AvgIpc) is 2.77. The highest BCUT2D eigenvalue weighted by atomic mass is 35.5. The van der Waals surface area contributed by atoms with E-state index in [2.05, 4.69) is 12.2 Å². The molecule has 0 saturated heterocycles. The predicted molar refractivity (Wildman–Crippen MR) is 94.3 cm³/mol. The van der Waals surface area contributed by atoms with E-state index in [0.29, 0.717) is 32.2 Å². The zero-order valence-electron chi connectivity index (χ0n) is 12.1. The van der Waals surface area contributed by atoms with Gasteiger partial charge in [-0.05, 0) is 48.9 Å². The number of carbonyl (C=O) groups is 1. The number of nitrogens with one attached hydrogen (secondary N) is 1. The van der Waals surface area contributed by atoms with E-state index >= 15 is 0 Å². The average molecular weight is 355 g/mol. The van der Waals surface area contributed by atoms with E-state index in [9.17, 15) is 4.79 Å². The summed E-state index contributed by atoms with van der Waals surface area (Å²) in [5.41, 5.74) is 8.28. The molecule has 116 valence electrons. The van der Waals surface area contributed by atoms with Crippen molar-refractivity contribution in [1.29, 1.82) is 0 Å². The van der Waals surface area contributed by atoms with Crippen LogP contribution in [-0.4, -0.2) is 5.91 Å². The van der Waals surface area contributed by atoms with Gasteiger partial charge in [-0.3, -0.25) is 4.79 Å². The fraction of sp³-hybridized carbons (Fsp3) is 0.312. The van der Waals surface area contributed by atoms with Crippen LogP contribution >= 0.6 is 34.5 Å². The molecule has 0 aliphatic heterocycles. The van der Waals surface area contributed by atoms with E-state index in [1.54, 1.807) is 18.2 Å². The molecule has 0 unspecified atom stereocenters. The van der Waals surface area contributed by atoms with E-state index in [0.717, 1.165) is 24.8 Å². The molecule has 1 aromatic carbocycles. The summed E-state index contributed by atoms with van der Waals surface area (Å²) in [5, 5.41) is 4.38. The molecular weight excluding hydrogens is 339 g/mol. The molecule has 0 bridgehead atoms. The van der Waals surface area contributed by atoms with Crippen molar-refractivity contribution in [3.8, 4) is 0 Å². The Morgan fingerprint density at radius 1 is 1.41 bits per heavy atom. The molecule has 3 rings (SSSR count). The standard InChI is InChI=1S/C16H16Cl2N2OS/c1-8-2-4-10-13(6-8)22-15(19)14(10)16(21)20-12-7-9(17)3-5-11(12)18/h3,5,7-8H,2,4,6,19H2,1H3,(H,20,21)/t8-/m0/s1. The van der Waals surface area contributed by atoms with Gasteiger partial charge in [-0.25, -0.2) is 0 Å². The summed E-state index contributed by atoms with van der Waals surface area (Å²) >= 11 is 13.6. The van der Waals surface area contributed by atoms with Crippen LogP contribution in [0.5, 0.6) is 0 Å². The number of fused-ring (bicyclic) bond motifs is 1. The number of hydrogen-bond acceptors (Lipinski definition) is 3. The largest absolute Gasteiger partial charge is 0.390 e. The van der Waals surface area contributed by atoms with Crippen LogP contribution in [0.2, 0.25) is 10.0 Å². The van der Waals surface area contributed by atoms with Gasteiger partial charge < -0.3 is 11.1 Å². The first-order valence-corrected chi connectivity index (χ1v) is 8.69. The lowest BCUT2D eigenvalue weighted by atomic mass is 9.88. The molecule has 2 aromatic rings. The maximum Gasteiger partial charge on any atom is 0.258 e. The van der Waals surface area contributed by atoms with Crippen LogP contribution in [0.15, 0.2) is 18.2 Å². The Kier molecular flexibility index (Phi) is 4.35. The third-order valence-electron chi connectivity index (χ3n) is 3.94. The Morgan fingerprint density at radius 2 is 2.18 bits per heavy atom. The van der Waals surface area contributed by atoms with Crippen LogP contribution in [0, 0.1) is 5.92 Å². The van der Waals surface area contributed by atoms with Gasteiger partial charge >= 0.3 is 0 Å². The van der Waals surface area contributed by atoms with Gasteiger partial charge in [0.1, 0.15) is 0 Å². The molecule has 3 N–H and O–H groups in total. The van der Waals surface area contributed by atoms with Gasteiger partial charge in [-0.2, -0.15) is 0 Å². The Bertz CT molecular complexity index is 742. The van der Waals surface area contributed by atoms with E-state index in [1.807, 2.05) is 0 Å². The number of thiophene rings is 1. The normalized spacial score (nSPS) is 17.1. The van der Waals surface area contributed by atoms with Gasteiger partial charge in [0.2, 0.25) is 0 Å². The molecule has 1 amide bonds. The minimum atomic E-state index is -0.214. The van der Waals surface area contributed by atoms with E-state index < -0.39 is 0 Å². The molecule has 0 radical (unpaired) electrons. The number of halogens is 2. The summed E-state index contributed by atoms with van der Waals surface area (Å²) in [6.07, 6.45) is 2.98. The molecule has 6 heteroatoms. The Hall–Kier alpha value is -1.23. The Labute approximate surface area is 143 Å². The first kappa shape index (κ1) is 15.7.